The van der Waals surface area contributed by atoms with E-state index in [9.17, 15) is 0 Å². The van der Waals surface area contributed by atoms with Gasteiger partial charge in [0.25, 0.3) is 0 Å². The second kappa shape index (κ2) is 44.1. The topological polar surface area (TPSA) is 6.48 Å². The quantitative estimate of drug-likeness (QED) is 0.0369. The van der Waals surface area contributed by atoms with E-state index < -0.39 is 41.7 Å². The average Bonchev–Trinajstić information content (AvgIpc) is 4.15. The van der Waals surface area contributed by atoms with Crippen molar-refractivity contribution >= 4 is 47.7 Å². The molecule has 6 aliphatic carbocycles. The van der Waals surface area contributed by atoms with E-state index in [-0.39, 0.29) is 29.7 Å². The Morgan fingerprint density at radius 3 is 1.20 bits per heavy atom. The number of hydrogen-bond acceptors (Lipinski definition) is 2. The first kappa shape index (κ1) is 77.5. The molecular formula is C64H116B2Cl4N2Zr2. The molecule has 74 heavy (non-hydrogen) atoms. The third-order valence-electron chi connectivity index (χ3n) is 18.1. The molecule has 10 heteroatoms. The molecule has 0 saturated heterocycles. The Hall–Kier alpha value is 1.42. The van der Waals surface area contributed by atoms with E-state index in [2.05, 4.69) is 153 Å². The third-order valence-corrected chi connectivity index (χ3v) is 18.1. The number of fused-ring (bicyclic) bond motifs is 2. The van der Waals surface area contributed by atoms with Crippen LogP contribution < -0.4 is 0 Å². The number of rotatable bonds is 26. The van der Waals surface area contributed by atoms with Gasteiger partial charge in [-0.1, -0.05) is 246 Å². The second-order valence-electron chi connectivity index (χ2n) is 23.9. The SMILES string of the molecule is C=CCC1CC(B(C2CCC(CCCCCC)C2)N(C(C)C)C(C)C)C2C=CC=CC12.C=CCCCC1CC(B(C2CCC(CCCCCC)C2)N(C(C)C)C(C)C)C2C=CC=CC12.[CH3-].[CH3-].[CH3-].[CH3-].[Cl][Zr+2][Cl].[Cl][Zr+2][Cl]. The van der Waals surface area contributed by atoms with Gasteiger partial charge in [-0.3, -0.25) is 0 Å². The van der Waals surface area contributed by atoms with Gasteiger partial charge in [0.15, 0.2) is 0 Å². The molecule has 4 saturated carbocycles. The molecule has 0 heterocycles. The molecule has 6 rings (SSSR count). The Morgan fingerprint density at radius 2 is 0.851 bits per heavy atom. The molecule has 0 aromatic heterocycles. The molecule has 0 radical (unpaired) electrons. The zero-order valence-electron chi connectivity index (χ0n) is 50.5. The van der Waals surface area contributed by atoms with Gasteiger partial charge in [0.1, 0.15) is 0 Å². The average molecular weight is 1260 g/mol. The second-order valence-corrected chi connectivity index (χ2v) is 31.3. The molecule has 0 N–H and O–H groups in total. The minimum atomic E-state index is -0.826. The summed E-state index contributed by atoms with van der Waals surface area (Å²) in [6.07, 6.45) is 54.9. The van der Waals surface area contributed by atoms with Crippen molar-refractivity contribution in [3.8, 4) is 0 Å². The van der Waals surface area contributed by atoms with Crippen molar-refractivity contribution in [1.29, 1.82) is 0 Å². The normalized spacial score (nSPS) is 27.7. The van der Waals surface area contributed by atoms with Gasteiger partial charge in [0.05, 0.1) is 0 Å². The van der Waals surface area contributed by atoms with Gasteiger partial charge in [0.2, 0.25) is 13.7 Å². The standard InChI is InChI=1S/C31H54BN.C29H50BN.4CH3.4ClH.2Zr/c1-7-9-11-13-16-26-20-21-28(22-26)32(33(24(3)4)25(5)6)31-23-27(17-12-10-8-2)29-18-14-15-19-30(29)31;1-7-9-10-11-15-24-18-19-26(20-24)30(31(22(3)4)23(5)6)29-21-25(14-8-2)27-16-12-13-17-28(27)29;;;;;;;;;;/h8,14-15,18-19,24-31H,2,7,9-13,16-17,20-23H2,1,3-6H3;8,12-13,16-17,22-29H,2,7,9-11,14-15,18-21H2,1,3-6H3;4*1H3;4*1H;;/q;;4*-1;;;;;2*+4/p-4. The van der Waals surface area contributed by atoms with Crippen molar-refractivity contribution in [2.24, 2.45) is 47.3 Å². The van der Waals surface area contributed by atoms with E-state index in [4.69, 9.17) is 34.1 Å². The fourth-order valence-electron chi connectivity index (χ4n) is 15.7. The van der Waals surface area contributed by atoms with Crippen LogP contribution in [0.25, 0.3) is 0 Å². The Morgan fingerprint density at radius 1 is 0.486 bits per heavy atom. The Balaban J connectivity index is 0. The number of nitrogens with zero attached hydrogens (tertiary/aromatic N) is 2. The predicted molar refractivity (Wildman–Crippen MR) is 338 cm³/mol. The van der Waals surface area contributed by atoms with E-state index in [1.165, 1.54) is 141 Å². The van der Waals surface area contributed by atoms with Crippen LogP contribution in [0.3, 0.4) is 0 Å². The maximum atomic E-state index is 4.93. The molecule has 4 fully saturated rings. The summed E-state index contributed by atoms with van der Waals surface area (Å²) in [4.78, 5) is 5.87. The number of unbranched alkanes of at least 4 members (excludes halogenated alkanes) is 7. The molecular weight excluding hydrogens is 1140 g/mol. The van der Waals surface area contributed by atoms with E-state index in [1.54, 1.807) is 0 Å². The molecule has 0 aromatic rings. The van der Waals surface area contributed by atoms with Gasteiger partial charge in [-0.05, 0) is 120 Å². The van der Waals surface area contributed by atoms with Crippen molar-refractivity contribution in [3.63, 3.8) is 0 Å². The molecule has 12 unspecified atom stereocenters. The molecule has 6 aliphatic rings. The summed E-state index contributed by atoms with van der Waals surface area (Å²) < 4.78 is 0. The van der Waals surface area contributed by atoms with Crippen LogP contribution in [-0.2, 0) is 41.7 Å². The molecule has 0 aliphatic heterocycles. The van der Waals surface area contributed by atoms with Gasteiger partial charge >= 0.3 is 75.7 Å². The van der Waals surface area contributed by atoms with Crippen molar-refractivity contribution in [1.82, 2.24) is 9.62 Å². The number of allylic oxidation sites excluding steroid dienone is 10. The van der Waals surface area contributed by atoms with E-state index in [1.807, 2.05) is 0 Å². The van der Waals surface area contributed by atoms with Crippen LogP contribution in [0.15, 0.2) is 73.9 Å². The Bertz CT molecular complexity index is 1510. The van der Waals surface area contributed by atoms with E-state index >= 15 is 0 Å². The first-order chi connectivity index (χ1) is 33.8. The molecule has 424 valence electrons. The van der Waals surface area contributed by atoms with Crippen molar-refractivity contribution < 1.29 is 41.7 Å². The molecule has 12 atom stereocenters. The van der Waals surface area contributed by atoms with E-state index in [0.29, 0.717) is 24.2 Å². The summed E-state index contributed by atoms with van der Waals surface area (Å²) in [5.74, 6) is 9.95. The van der Waals surface area contributed by atoms with Crippen LogP contribution >= 0.6 is 34.1 Å². The summed E-state index contributed by atoms with van der Waals surface area (Å²) in [6, 6.07) is 2.49. The van der Waals surface area contributed by atoms with Gasteiger partial charge in [-0.2, -0.15) is 0 Å². The van der Waals surface area contributed by atoms with Gasteiger partial charge in [-0.15, -0.1) is 13.2 Å². The Labute approximate surface area is 503 Å². The first-order valence-electron chi connectivity index (χ1n) is 29.2. The molecule has 0 spiro atoms. The molecule has 0 bridgehead atoms. The van der Waals surface area contributed by atoms with Crippen LogP contribution in [0, 0.1) is 77.0 Å². The molecule has 0 amide bonds. The van der Waals surface area contributed by atoms with E-state index in [0.717, 1.165) is 84.3 Å². The number of hydrogen-bond donors (Lipinski definition) is 0. The third kappa shape index (κ3) is 24.5. The predicted octanol–water partition coefficient (Wildman–Crippen LogP) is 22.5. The van der Waals surface area contributed by atoms with Crippen LogP contribution in [0.5, 0.6) is 0 Å². The summed E-state index contributed by atoms with van der Waals surface area (Å²) in [5, 5.41) is 0. The zero-order valence-corrected chi connectivity index (χ0v) is 58.5. The minimum absolute atomic E-state index is 0. The summed E-state index contributed by atoms with van der Waals surface area (Å²) in [7, 11) is 19.7. The molecule has 2 nitrogen and oxygen atoms in total. The summed E-state index contributed by atoms with van der Waals surface area (Å²) in [5.41, 5.74) is 0. The first-order valence-corrected chi connectivity index (χ1v) is 41.8. The van der Waals surface area contributed by atoms with Crippen molar-refractivity contribution in [2.75, 3.05) is 0 Å². The van der Waals surface area contributed by atoms with Crippen LogP contribution in [-0.4, -0.2) is 47.5 Å². The van der Waals surface area contributed by atoms with Crippen LogP contribution in [0.1, 0.15) is 210 Å². The van der Waals surface area contributed by atoms with Gasteiger partial charge in [-0.25, -0.2) is 0 Å². The molecule has 0 aromatic carbocycles. The summed E-state index contributed by atoms with van der Waals surface area (Å²) >= 11 is -1.65. The van der Waals surface area contributed by atoms with Gasteiger partial charge < -0.3 is 39.3 Å². The van der Waals surface area contributed by atoms with Crippen LogP contribution in [0.4, 0.5) is 0 Å². The van der Waals surface area contributed by atoms with Crippen molar-refractivity contribution in [3.05, 3.63) is 104 Å². The zero-order chi connectivity index (χ0) is 51.6. The monoisotopic (exact) mass is 1250 g/mol. The fraction of sp³-hybridized carbons (Fsp3) is 0.750. The number of halogens is 4. The van der Waals surface area contributed by atoms with Crippen molar-refractivity contribution in [2.45, 2.75) is 258 Å². The van der Waals surface area contributed by atoms with Gasteiger partial charge in [0, 0.05) is 0 Å². The maximum absolute atomic E-state index is 4.93. The fourth-order valence-corrected chi connectivity index (χ4v) is 15.7. The summed E-state index contributed by atoms with van der Waals surface area (Å²) in [6.45, 7) is 33.8. The Kier molecular flexibility index (Phi) is 46.1. The van der Waals surface area contributed by atoms with Crippen LogP contribution in [0.2, 0.25) is 23.3 Å².